The van der Waals surface area contributed by atoms with Gasteiger partial charge in [0.1, 0.15) is 23.7 Å². The fourth-order valence-corrected chi connectivity index (χ4v) is 9.44. The van der Waals surface area contributed by atoms with Crippen molar-refractivity contribution in [3.63, 3.8) is 0 Å². The Morgan fingerprint density at radius 2 is 1.25 bits per heavy atom. The van der Waals surface area contributed by atoms with Crippen LogP contribution in [0.5, 0.6) is 0 Å². The van der Waals surface area contributed by atoms with Crippen molar-refractivity contribution in [3.8, 4) is 33.6 Å². The van der Waals surface area contributed by atoms with Gasteiger partial charge in [-0.1, -0.05) is 62.4 Å². The molecular weight excluding hydrogens is 779 g/mol. The molecule has 314 valence electrons. The molecule has 3 saturated heterocycles. The summed E-state index contributed by atoms with van der Waals surface area (Å²) >= 11 is 0. The molecule has 18 heteroatoms. The number of hydrogen-bond acceptors (Lipinski definition) is 10. The number of H-pyrrole nitrogens is 2. The maximum atomic E-state index is 13.7. The number of carbonyl (C=O) groups is 4. The average molecular weight is 830 g/mol. The number of likely N-dealkylation sites (tertiary alicyclic amines) is 2. The first-order chi connectivity index (χ1) is 28.1. The van der Waals surface area contributed by atoms with Crippen molar-refractivity contribution in [3.05, 3.63) is 72.6 Å². The summed E-state index contributed by atoms with van der Waals surface area (Å²) in [7, 11) is -0.854. The predicted octanol–water partition coefficient (Wildman–Crippen LogP) is 4.46. The standard InChI is InChI=1S/C41H51N9O8S/c1-24(2)34(47-40(54)58-5)38(52)49-17-7-8-32(49)35-42-19-30(45-35)28-13-9-26(10-14-28)27-11-15-29(16-12-27)31-20-43-36(46-31)33-18-41(21-48(22-41)59(6,55)56)23-50(33)37(51)25(3)44-39(53)57-4/h9-16,19-20,24-25,32-34H,7-8,17-18,21-23H2,1-6H3,(H,42,45)(H,43,46)(H,44,53)(H,47,54)/t25?,32-,33?,34-/m0/s1. The Morgan fingerprint density at radius 3 is 1.76 bits per heavy atom. The summed E-state index contributed by atoms with van der Waals surface area (Å²) in [5.41, 5.74) is 5.04. The number of alkyl carbamates (subject to hydrolysis) is 2. The number of methoxy groups -OCH3 is 2. The second-order valence-electron chi connectivity index (χ2n) is 16.1. The monoisotopic (exact) mass is 829 g/mol. The fourth-order valence-electron chi connectivity index (χ4n) is 8.43. The second kappa shape index (κ2) is 16.5. The quantitative estimate of drug-likeness (QED) is 0.167. The molecule has 4 atom stereocenters. The van der Waals surface area contributed by atoms with Gasteiger partial charge in [0.15, 0.2) is 0 Å². The van der Waals surface area contributed by atoms with Crippen molar-refractivity contribution in [2.75, 3.05) is 46.7 Å². The lowest BCUT2D eigenvalue weighted by Crippen LogP contribution is -2.59. The minimum atomic E-state index is -3.36. The first-order valence-corrected chi connectivity index (χ1v) is 21.5. The zero-order valence-electron chi connectivity index (χ0n) is 34.0. The molecule has 2 aromatic carbocycles. The zero-order chi connectivity index (χ0) is 42.2. The smallest absolute Gasteiger partial charge is 0.407 e. The molecule has 3 fully saturated rings. The molecule has 59 heavy (non-hydrogen) atoms. The highest BCUT2D eigenvalue weighted by Gasteiger charge is 2.56. The van der Waals surface area contributed by atoms with Gasteiger partial charge in [0.05, 0.1) is 56.3 Å². The molecule has 4 aromatic rings. The van der Waals surface area contributed by atoms with Crippen molar-refractivity contribution >= 4 is 34.0 Å². The lowest BCUT2D eigenvalue weighted by Gasteiger charge is -2.46. The number of ether oxygens (including phenoxy) is 2. The van der Waals surface area contributed by atoms with Crippen LogP contribution in [0.2, 0.25) is 0 Å². The number of nitrogens with one attached hydrogen (secondary N) is 4. The molecule has 1 spiro atoms. The third-order valence-corrected chi connectivity index (χ3v) is 12.8. The van der Waals surface area contributed by atoms with Gasteiger partial charge in [0.25, 0.3) is 0 Å². The third-order valence-electron chi connectivity index (χ3n) is 11.6. The van der Waals surface area contributed by atoms with E-state index >= 15 is 0 Å². The molecule has 2 unspecified atom stereocenters. The van der Waals surface area contributed by atoms with E-state index in [4.69, 9.17) is 9.47 Å². The molecule has 4 amide bonds. The van der Waals surface area contributed by atoms with E-state index in [0.717, 1.165) is 46.5 Å². The fraction of sp³-hybridized carbons (Fsp3) is 0.463. The SMILES string of the molecule is COC(=O)NC(C)C(=O)N1CC2(CC1c1ncc(-c3ccc(-c4ccc(-c5cnc([C@@H]6CCCN6C(=O)[C@@H](NC(=O)OC)C(C)C)[nH]5)cc4)cc3)[nH]1)CN(S(C)(=O)=O)C2. The number of aromatic amines is 2. The summed E-state index contributed by atoms with van der Waals surface area (Å²) in [5.74, 6) is 0.692. The number of sulfonamides is 1. The van der Waals surface area contributed by atoms with E-state index in [2.05, 4.69) is 30.6 Å². The van der Waals surface area contributed by atoms with Crippen molar-refractivity contribution in [2.45, 2.75) is 64.2 Å². The molecule has 3 aliphatic heterocycles. The summed E-state index contributed by atoms with van der Waals surface area (Å²) in [6, 6.07) is 13.9. The minimum Gasteiger partial charge on any atom is -0.453 e. The number of imidazole rings is 2. The molecule has 3 aliphatic rings. The highest BCUT2D eigenvalue weighted by atomic mass is 32.2. The number of benzene rings is 2. The highest BCUT2D eigenvalue weighted by molar-refractivity contribution is 7.88. The Balaban J connectivity index is 1.03. The summed E-state index contributed by atoms with van der Waals surface area (Å²) in [4.78, 5) is 70.7. The van der Waals surface area contributed by atoms with Gasteiger partial charge in [0.2, 0.25) is 21.8 Å². The number of rotatable bonds is 11. The van der Waals surface area contributed by atoms with Gasteiger partial charge >= 0.3 is 12.2 Å². The van der Waals surface area contributed by atoms with Crippen molar-refractivity contribution in [1.29, 1.82) is 0 Å². The van der Waals surface area contributed by atoms with Gasteiger partial charge in [-0.2, -0.15) is 0 Å². The molecule has 2 aromatic heterocycles. The lowest BCUT2D eigenvalue weighted by atomic mass is 9.79. The Bertz CT molecular complexity index is 2300. The normalized spacial score (nSPS) is 20.0. The zero-order valence-corrected chi connectivity index (χ0v) is 34.8. The third kappa shape index (κ3) is 8.55. The molecule has 17 nitrogen and oxygen atoms in total. The van der Waals surface area contributed by atoms with E-state index < -0.39 is 45.8 Å². The molecule has 7 rings (SSSR count). The maximum absolute atomic E-state index is 13.7. The number of amides is 4. The summed E-state index contributed by atoms with van der Waals surface area (Å²) in [6.45, 7) is 6.89. The summed E-state index contributed by atoms with van der Waals surface area (Å²) in [6.07, 6.45) is 5.45. The number of hydrogen-bond donors (Lipinski definition) is 4. The molecule has 4 N–H and O–H groups in total. The van der Waals surface area contributed by atoms with Crippen LogP contribution in [0.4, 0.5) is 9.59 Å². The summed E-state index contributed by atoms with van der Waals surface area (Å²) < 4.78 is 35.3. The van der Waals surface area contributed by atoms with Gasteiger partial charge < -0.3 is 39.9 Å². The van der Waals surface area contributed by atoms with Crippen LogP contribution in [-0.2, 0) is 29.1 Å². The Kier molecular flexibility index (Phi) is 11.6. The number of nitrogens with zero attached hydrogens (tertiary/aromatic N) is 5. The molecular formula is C41H51N9O8S. The van der Waals surface area contributed by atoms with E-state index in [0.29, 0.717) is 44.2 Å². The maximum Gasteiger partial charge on any atom is 0.407 e. The van der Waals surface area contributed by atoms with Crippen molar-refractivity contribution in [1.82, 2.24) is 44.7 Å². The Morgan fingerprint density at radius 1 is 0.746 bits per heavy atom. The van der Waals surface area contributed by atoms with E-state index in [1.807, 2.05) is 62.4 Å². The van der Waals surface area contributed by atoms with E-state index in [9.17, 15) is 27.6 Å². The van der Waals surface area contributed by atoms with Crippen LogP contribution in [0.15, 0.2) is 60.9 Å². The van der Waals surface area contributed by atoms with Crippen molar-refractivity contribution < 1.29 is 37.1 Å². The first kappa shape index (κ1) is 41.4. The Hall–Kier alpha value is -5.75. The van der Waals surface area contributed by atoms with Crippen LogP contribution in [-0.4, -0.2) is 125 Å². The largest absolute Gasteiger partial charge is 0.453 e. The van der Waals surface area contributed by atoms with Crippen molar-refractivity contribution in [2.24, 2.45) is 11.3 Å². The van der Waals surface area contributed by atoms with Crippen LogP contribution in [0.3, 0.4) is 0 Å². The topological polar surface area (TPSA) is 212 Å². The number of aromatic nitrogens is 4. The van der Waals surface area contributed by atoms with Crippen LogP contribution >= 0.6 is 0 Å². The van der Waals surface area contributed by atoms with Gasteiger partial charge in [-0.05, 0) is 54.4 Å². The van der Waals surface area contributed by atoms with Gasteiger partial charge in [-0.25, -0.2) is 32.3 Å². The van der Waals surface area contributed by atoms with Crippen LogP contribution in [0.25, 0.3) is 33.6 Å². The summed E-state index contributed by atoms with van der Waals surface area (Å²) in [5, 5.41) is 5.23. The molecule has 0 saturated carbocycles. The van der Waals surface area contributed by atoms with Gasteiger partial charge in [-0.15, -0.1) is 0 Å². The van der Waals surface area contributed by atoms with Crippen LogP contribution < -0.4 is 10.6 Å². The second-order valence-corrected chi connectivity index (χ2v) is 18.1. The first-order valence-electron chi connectivity index (χ1n) is 19.7. The Labute approximate surface area is 343 Å². The van der Waals surface area contributed by atoms with E-state index in [1.165, 1.54) is 24.8 Å². The van der Waals surface area contributed by atoms with Crippen LogP contribution in [0.1, 0.15) is 63.8 Å². The average Bonchev–Trinajstić information content (AvgIpc) is 4.04. The van der Waals surface area contributed by atoms with Gasteiger partial charge in [-0.3, -0.25) is 9.59 Å². The van der Waals surface area contributed by atoms with E-state index in [-0.39, 0.29) is 23.8 Å². The highest BCUT2D eigenvalue weighted by Crippen LogP contribution is 2.49. The predicted molar refractivity (Wildman–Crippen MR) is 218 cm³/mol. The molecule has 0 radical (unpaired) electrons. The van der Waals surface area contributed by atoms with Gasteiger partial charge in [0, 0.05) is 31.6 Å². The lowest BCUT2D eigenvalue weighted by molar-refractivity contribution is -0.135. The molecule has 0 bridgehead atoms. The van der Waals surface area contributed by atoms with Crippen LogP contribution in [0, 0.1) is 11.3 Å². The molecule has 5 heterocycles. The van der Waals surface area contributed by atoms with E-state index in [1.54, 1.807) is 29.1 Å². The minimum absolute atomic E-state index is 0.122. The molecule has 0 aliphatic carbocycles. The number of carbonyl (C=O) groups excluding carboxylic acids is 4.